The Morgan fingerprint density at radius 1 is 1.35 bits per heavy atom. The van der Waals surface area contributed by atoms with Crippen LogP contribution in [0, 0.1) is 0 Å². The number of likely N-dealkylation sites (tertiary alicyclic amines) is 1. The van der Waals surface area contributed by atoms with Crippen molar-refractivity contribution in [3.05, 3.63) is 33.3 Å². The third kappa shape index (κ3) is 4.21. The number of carbonyl (C=O) groups excluding carboxylic acids is 1. The maximum Gasteiger partial charge on any atom is 0.251 e. The molecule has 1 N–H and O–H groups in total. The van der Waals surface area contributed by atoms with E-state index in [-0.39, 0.29) is 11.9 Å². The quantitative estimate of drug-likeness (QED) is 0.892. The molecule has 0 spiro atoms. The maximum atomic E-state index is 12.2. The molecule has 1 aromatic rings. The molecule has 0 radical (unpaired) electrons. The number of piperidine rings is 1. The normalized spacial score (nSPS) is 17.4. The van der Waals surface area contributed by atoms with E-state index in [1.54, 1.807) is 18.2 Å². The van der Waals surface area contributed by atoms with E-state index in [9.17, 15) is 4.79 Å². The van der Waals surface area contributed by atoms with Crippen molar-refractivity contribution >= 4 is 33.4 Å². The van der Waals surface area contributed by atoms with Crippen LogP contribution < -0.4 is 5.32 Å². The Hall–Kier alpha value is -0.580. The monoisotopic (exact) mass is 358 g/mol. The highest BCUT2D eigenvalue weighted by atomic mass is 79.9. The van der Waals surface area contributed by atoms with Gasteiger partial charge in [-0.15, -0.1) is 0 Å². The number of benzene rings is 1. The van der Waals surface area contributed by atoms with E-state index in [2.05, 4.69) is 40.0 Å². The summed E-state index contributed by atoms with van der Waals surface area (Å²) in [5, 5.41) is 3.67. The van der Waals surface area contributed by atoms with Crippen molar-refractivity contribution in [2.24, 2.45) is 0 Å². The molecule has 5 heteroatoms. The summed E-state index contributed by atoms with van der Waals surface area (Å²) in [5.74, 6) is -0.0452. The van der Waals surface area contributed by atoms with Gasteiger partial charge in [0.25, 0.3) is 5.91 Å². The average molecular weight is 360 g/mol. The number of halogens is 2. The second kappa shape index (κ2) is 6.92. The standard InChI is InChI=1S/C15H20BrClN2O/c1-10(2)19-5-3-14(4-6-19)18-15(20)11-7-12(16)9-13(17)8-11/h7-10,14H,3-6H2,1-2H3,(H,18,20). The zero-order valence-corrected chi connectivity index (χ0v) is 14.2. The van der Waals surface area contributed by atoms with E-state index < -0.39 is 0 Å². The van der Waals surface area contributed by atoms with Crippen LogP contribution in [0.1, 0.15) is 37.0 Å². The van der Waals surface area contributed by atoms with E-state index in [0.29, 0.717) is 16.6 Å². The first-order valence-electron chi connectivity index (χ1n) is 6.96. The molecular weight excluding hydrogens is 340 g/mol. The van der Waals surface area contributed by atoms with Gasteiger partial charge in [0.1, 0.15) is 0 Å². The van der Waals surface area contributed by atoms with Crippen molar-refractivity contribution in [3.8, 4) is 0 Å². The van der Waals surface area contributed by atoms with Crippen molar-refractivity contribution in [2.45, 2.75) is 38.8 Å². The predicted molar refractivity (Wildman–Crippen MR) is 86.3 cm³/mol. The molecule has 0 unspecified atom stereocenters. The van der Waals surface area contributed by atoms with Crippen LogP contribution in [0.25, 0.3) is 0 Å². The van der Waals surface area contributed by atoms with Gasteiger partial charge in [-0.3, -0.25) is 4.79 Å². The highest BCUT2D eigenvalue weighted by molar-refractivity contribution is 9.10. The number of rotatable bonds is 3. The highest BCUT2D eigenvalue weighted by Crippen LogP contribution is 2.20. The molecule has 1 amide bonds. The van der Waals surface area contributed by atoms with Gasteiger partial charge in [-0.2, -0.15) is 0 Å². The number of hydrogen-bond donors (Lipinski definition) is 1. The topological polar surface area (TPSA) is 32.3 Å². The zero-order valence-electron chi connectivity index (χ0n) is 11.8. The number of nitrogens with one attached hydrogen (secondary N) is 1. The fourth-order valence-electron chi connectivity index (χ4n) is 2.51. The molecule has 0 bridgehead atoms. The van der Waals surface area contributed by atoms with Gasteiger partial charge in [-0.05, 0) is 44.9 Å². The van der Waals surface area contributed by atoms with E-state index in [1.807, 2.05) is 0 Å². The molecule has 1 fully saturated rings. The number of carbonyl (C=O) groups is 1. The molecular formula is C15H20BrClN2O. The Morgan fingerprint density at radius 3 is 2.55 bits per heavy atom. The second-order valence-electron chi connectivity index (χ2n) is 5.54. The van der Waals surface area contributed by atoms with Crippen LogP contribution in [0.15, 0.2) is 22.7 Å². The van der Waals surface area contributed by atoms with Gasteiger partial charge in [0.05, 0.1) is 0 Å². The van der Waals surface area contributed by atoms with Crippen molar-refractivity contribution in [2.75, 3.05) is 13.1 Å². The number of hydrogen-bond acceptors (Lipinski definition) is 2. The van der Waals surface area contributed by atoms with Gasteiger partial charge in [-0.1, -0.05) is 27.5 Å². The first kappa shape index (κ1) is 15.8. The van der Waals surface area contributed by atoms with Gasteiger partial charge < -0.3 is 10.2 Å². The Kier molecular flexibility index (Phi) is 5.47. The molecule has 2 rings (SSSR count). The largest absolute Gasteiger partial charge is 0.349 e. The van der Waals surface area contributed by atoms with Crippen LogP contribution in [0.4, 0.5) is 0 Å². The first-order chi connectivity index (χ1) is 9.45. The molecule has 3 nitrogen and oxygen atoms in total. The SMILES string of the molecule is CC(C)N1CCC(NC(=O)c2cc(Cl)cc(Br)c2)CC1. The second-order valence-corrected chi connectivity index (χ2v) is 6.89. The molecule has 1 aromatic carbocycles. The summed E-state index contributed by atoms with van der Waals surface area (Å²) >= 11 is 9.33. The van der Waals surface area contributed by atoms with Crippen molar-refractivity contribution in [1.29, 1.82) is 0 Å². The maximum absolute atomic E-state index is 12.2. The average Bonchev–Trinajstić information content (AvgIpc) is 2.38. The van der Waals surface area contributed by atoms with Gasteiger partial charge in [0, 0.05) is 40.2 Å². The minimum absolute atomic E-state index is 0.0452. The van der Waals surface area contributed by atoms with Gasteiger partial charge in [0.2, 0.25) is 0 Å². The van der Waals surface area contributed by atoms with E-state index >= 15 is 0 Å². The Morgan fingerprint density at radius 2 is 2.00 bits per heavy atom. The smallest absolute Gasteiger partial charge is 0.251 e. The summed E-state index contributed by atoms with van der Waals surface area (Å²) < 4.78 is 0.824. The molecule has 1 saturated heterocycles. The molecule has 0 atom stereocenters. The summed E-state index contributed by atoms with van der Waals surface area (Å²) in [5.41, 5.74) is 0.607. The van der Waals surface area contributed by atoms with E-state index in [0.717, 1.165) is 30.4 Å². The third-order valence-corrected chi connectivity index (χ3v) is 4.40. The molecule has 1 heterocycles. The van der Waals surface area contributed by atoms with Crippen LogP contribution in [0.3, 0.4) is 0 Å². The lowest BCUT2D eigenvalue weighted by Crippen LogP contribution is -2.46. The molecule has 0 aliphatic carbocycles. The Bertz CT molecular complexity index is 465. The summed E-state index contributed by atoms with van der Waals surface area (Å²) in [4.78, 5) is 14.7. The van der Waals surface area contributed by atoms with Gasteiger partial charge in [0.15, 0.2) is 0 Å². The van der Waals surface area contributed by atoms with Crippen molar-refractivity contribution < 1.29 is 4.79 Å². The van der Waals surface area contributed by atoms with Gasteiger partial charge in [-0.25, -0.2) is 0 Å². The molecule has 0 aromatic heterocycles. The lowest BCUT2D eigenvalue weighted by atomic mass is 10.0. The lowest BCUT2D eigenvalue weighted by molar-refractivity contribution is 0.0900. The van der Waals surface area contributed by atoms with Crippen LogP contribution in [0.5, 0.6) is 0 Å². The summed E-state index contributed by atoms with van der Waals surface area (Å²) in [7, 11) is 0. The fourth-order valence-corrected chi connectivity index (χ4v) is 3.37. The molecule has 20 heavy (non-hydrogen) atoms. The number of amides is 1. The van der Waals surface area contributed by atoms with Crippen LogP contribution >= 0.6 is 27.5 Å². The van der Waals surface area contributed by atoms with Crippen molar-refractivity contribution in [3.63, 3.8) is 0 Å². The number of nitrogens with zero attached hydrogens (tertiary/aromatic N) is 1. The van der Waals surface area contributed by atoms with Crippen LogP contribution in [0.2, 0.25) is 5.02 Å². The van der Waals surface area contributed by atoms with Crippen LogP contribution in [-0.2, 0) is 0 Å². The van der Waals surface area contributed by atoms with E-state index in [1.165, 1.54) is 0 Å². The molecule has 1 aliphatic rings. The van der Waals surface area contributed by atoms with Gasteiger partial charge >= 0.3 is 0 Å². The molecule has 110 valence electrons. The summed E-state index contributed by atoms with van der Waals surface area (Å²) in [6.07, 6.45) is 2.01. The minimum atomic E-state index is -0.0452. The highest BCUT2D eigenvalue weighted by Gasteiger charge is 2.22. The Labute approximate surface area is 133 Å². The van der Waals surface area contributed by atoms with Crippen molar-refractivity contribution in [1.82, 2.24) is 10.2 Å². The fraction of sp³-hybridized carbons (Fsp3) is 0.533. The predicted octanol–water partition coefficient (Wildman–Crippen LogP) is 3.71. The lowest BCUT2D eigenvalue weighted by Gasteiger charge is -2.34. The minimum Gasteiger partial charge on any atom is -0.349 e. The van der Waals surface area contributed by atoms with Crippen LogP contribution in [-0.4, -0.2) is 36.0 Å². The third-order valence-electron chi connectivity index (χ3n) is 3.72. The summed E-state index contributed by atoms with van der Waals surface area (Å²) in [6, 6.07) is 6.11. The summed E-state index contributed by atoms with van der Waals surface area (Å²) in [6.45, 7) is 6.51. The molecule has 1 aliphatic heterocycles. The van der Waals surface area contributed by atoms with E-state index in [4.69, 9.17) is 11.6 Å². The zero-order chi connectivity index (χ0) is 14.7. The Balaban J connectivity index is 1.92. The molecule has 0 saturated carbocycles. The first-order valence-corrected chi connectivity index (χ1v) is 8.14.